The molecule has 3 aromatic rings. The molecule has 2 nitrogen and oxygen atoms in total. The second-order valence-electron chi connectivity index (χ2n) is 4.43. The molecule has 2 heteroatoms. The largest absolute Gasteiger partial charge is 0.456 e. The summed E-state index contributed by atoms with van der Waals surface area (Å²) in [4.78, 5) is 12.3. The monoisotopic (exact) mass is 224 g/mol. The van der Waals surface area contributed by atoms with Gasteiger partial charge in [-0.15, -0.1) is 0 Å². The average molecular weight is 224 g/mol. The third-order valence-corrected chi connectivity index (χ3v) is 2.98. The Balaban J connectivity index is 2.57. The van der Waals surface area contributed by atoms with Crippen LogP contribution in [0.3, 0.4) is 0 Å². The summed E-state index contributed by atoms with van der Waals surface area (Å²) >= 11 is 0. The molecule has 0 aliphatic rings. The van der Waals surface area contributed by atoms with Gasteiger partial charge < -0.3 is 4.42 Å². The molecule has 0 spiro atoms. The van der Waals surface area contributed by atoms with Crippen molar-refractivity contribution in [2.24, 2.45) is 0 Å². The Labute approximate surface area is 98.5 Å². The molecular weight excluding hydrogens is 212 g/mol. The Morgan fingerprint density at radius 3 is 1.76 bits per heavy atom. The second kappa shape index (κ2) is 3.45. The van der Waals surface area contributed by atoms with E-state index in [4.69, 9.17) is 4.42 Å². The first-order chi connectivity index (χ1) is 8.15. The zero-order valence-corrected chi connectivity index (χ0v) is 9.78. The van der Waals surface area contributed by atoms with Crippen LogP contribution in [0.25, 0.3) is 21.9 Å². The minimum absolute atomic E-state index is 0.0428. The van der Waals surface area contributed by atoms with Crippen LogP contribution in [0.1, 0.15) is 11.1 Å². The predicted molar refractivity (Wildman–Crippen MR) is 69.5 cm³/mol. The highest BCUT2D eigenvalue weighted by atomic mass is 16.3. The summed E-state index contributed by atoms with van der Waals surface area (Å²) in [5.74, 6) is 0. The smallest absolute Gasteiger partial charge is 0.200 e. The summed E-state index contributed by atoms with van der Waals surface area (Å²) in [5.41, 5.74) is 3.54. The van der Waals surface area contributed by atoms with E-state index in [1.165, 1.54) is 0 Å². The molecular formula is C15H12O2. The van der Waals surface area contributed by atoms with E-state index in [-0.39, 0.29) is 5.43 Å². The first kappa shape index (κ1) is 10.1. The Kier molecular flexibility index (Phi) is 2.05. The molecule has 0 aliphatic carbocycles. The number of rotatable bonds is 0. The maximum atomic E-state index is 12.3. The quantitative estimate of drug-likeness (QED) is 0.546. The van der Waals surface area contributed by atoms with Gasteiger partial charge >= 0.3 is 0 Å². The van der Waals surface area contributed by atoms with E-state index >= 15 is 0 Å². The second-order valence-corrected chi connectivity index (χ2v) is 4.43. The van der Waals surface area contributed by atoms with Crippen molar-refractivity contribution in [2.75, 3.05) is 0 Å². The van der Waals surface area contributed by atoms with Crippen molar-refractivity contribution < 1.29 is 4.42 Å². The molecule has 3 rings (SSSR count). The van der Waals surface area contributed by atoms with E-state index in [0.29, 0.717) is 21.9 Å². The molecule has 0 fully saturated rings. The summed E-state index contributed by atoms with van der Waals surface area (Å²) < 4.78 is 5.79. The van der Waals surface area contributed by atoms with E-state index in [9.17, 15) is 4.79 Å². The lowest BCUT2D eigenvalue weighted by Gasteiger charge is -2.02. The lowest BCUT2D eigenvalue weighted by molar-refractivity contribution is 0.659. The van der Waals surface area contributed by atoms with Gasteiger partial charge in [0.15, 0.2) is 0 Å². The van der Waals surface area contributed by atoms with E-state index in [1.54, 1.807) is 0 Å². The van der Waals surface area contributed by atoms with Crippen molar-refractivity contribution in [3.05, 3.63) is 57.7 Å². The maximum absolute atomic E-state index is 12.3. The van der Waals surface area contributed by atoms with Crippen molar-refractivity contribution in [2.45, 2.75) is 13.8 Å². The summed E-state index contributed by atoms with van der Waals surface area (Å²) in [7, 11) is 0. The van der Waals surface area contributed by atoms with Gasteiger partial charge in [-0.1, -0.05) is 12.1 Å². The van der Waals surface area contributed by atoms with Crippen LogP contribution < -0.4 is 5.43 Å². The fourth-order valence-corrected chi connectivity index (χ4v) is 2.07. The molecule has 0 radical (unpaired) electrons. The fourth-order valence-electron chi connectivity index (χ4n) is 2.07. The number of fused-ring (bicyclic) bond motifs is 2. The summed E-state index contributed by atoms with van der Waals surface area (Å²) in [6.07, 6.45) is 0. The molecule has 17 heavy (non-hydrogen) atoms. The predicted octanol–water partition coefficient (Wildman–Crippen LogP) is 3.56. The summed E-state index contributed by atoms with van der Waals surface area (Å²) in [5, 5.41) is 1.29. The van der Waals surface area contributed by atoms with Crippen molar-refractivity contribution >= 4 is 21.9 Å². The standard InChI is InChI=1S/C15H12O2/c1-9-3-5-11-13(7-9)17-14-8-10(2)4-6-12(14)15(11)16/h3-8H,1-2H3. The van der Waals surface area contributed by atoms with Crippen LogP contribution in [0.5, 0.6) is 0 Å². The van der Waals surface area contributed by atoms with Crippen LogP contribution in [0, 0.1) is 13.8 Å². The van der Waals surface area contributed by atoms with Crippen molar-refractivity contribution in [3.8, 4) is 0 Å². The first-order valence-corrected chi connectivity index (χ1v) is 5.59. The number of benzene rings is 2. The molecule has 0 amide bonds. The average Bonchev–Trinajstić information content (AvgIpc) is 2.28. The van der Waals surface area contributed by atoms with Gasteiger partial charge in [-0.2, -0.15) is 0 Å². The fraction of sp³-hybridized carbons (Fsp3) is 0.133. The van der Waals surface area contributed by atoms with Crippen LogP contribution >= 0.6 is 0 Å². The zero-order valence-electron chi connectivity index (χ0n) is 9.78. The van der Waals surface area contributed by atoms with Crippen LogP contribution in [-0.4, -0.2) is 0 Å². The molecule has 1 aromatic heterocycles. The Morgan fingerprint density at radius 2 is 1.29 bits per heavy atom. The van der Waals surface area contributed by atoms with Gasteiger partial charge in [0.1, 0.15) is 11.2 Å². The van der Waals surface area contributed by atoms with E-state index in [0.717, 1.165) is 11.1 Å². The van der Waals surface area contributed by atoms with E-state index < -0.39 is 0 Å². The number of hydrogen-bond acceptors (Lipinski definition) is 2. The van der Waals surface area contributed by atoms with Crippen LogP contribution in [0.4, 0.5) is 0 Å². The number of aryl methyl sites for hydroxylation is 2. The lowest BCUT2D eigenvalue weighted by Crippen LogP contribution is -2.02. The number of hydrogen-bond donors (Lipinski definition) is 0. The summed E-state index contributed by atoms with van der Waals surface area (Å²) in [6, 6.07) is 11.3. The lowest BCUT2D eigenvalue weighted by atomic mass is 10.1. The Morgan fingerprint density at radius 1 is 0.824 bits per heavy atom. The Bertz CT molecular complexity index is 719. The molecule has 0 saturated heterocycles. The zero-order chi connectivity index (χ0) is 12.0. The highest BCUT2D eigenvalue weighted by Gasteiger charge is 2.07. The summed E-state index contributed by atoms with van der Waals surface area (Å²) in [6.45, 7) is 3.97. The highest BCUT2D eigenvalue weighted by molar-refractivity contribution is 5.90. The molecule has 1 heterocycles. The molecule has 0 atom stereocenters. The van der Waals surface area contributed by atoms with Gasteiger partial charge in [0.2, 0.25) is 5.43 Å². The highest BCUT2D eigenvalue weighted by Crippen LogP contribution is 2.20. The van der Waals surface area contributed by atoms with E-state index in [2.05, 4.69) is 0 Å². The molecule has 0 bridgehead atoms. The van der Waals surface area contributed by atoms with Crippen LogP contribution in [0.2, 0.25) is 0 Å². The van der Waals surface area contributed by atoms with E-state index in [1.807, 2.05) is 50.2 Å². The minimum atomic E-state index is 0.0428. The molecule has 84 valence electrons. The van der Waals surface area contributed by atoms with Gasteiger partial charge in [-0.3, -0.25) is 4.79 Å². The van der Waals surface area contributed by atoms with Gasteiger partial charge in [-0.25, -0.2) is 0 Å². The van der Waals surface area contributed by atoms with Gasteiger partial charge in [0, 0.05) is 0 Å². The van der Waals surface area contributed by atoms with Crippen molar-refractivity contribution in [1.29, 1.82) is 0 Å². The minimum Gasteiger partial charge on any atom is -0.456 e. The molecule has 2 aromatic carbocycles. The molecule has 0 aliphatic heterocycles. The normalized spacial score (nSPS) is 11.2. The van der Waals surface area contributed by atoms with Gasteiger partial charge in [0.25, 0.3) is 0 Å². The third kappa shape index (κ3) is 1.53. The van der Waals surface area contributed by atoms with Crippen LogP contribution in [0.15, 0.2) is 45.6 Å². The van der Waals surface area contributed by atoms with Crippen molar-refractivity contribution in [1.82, 2.24) is 0 Å². The van der Waals surface area contributed by atoms with Crippen molar-refractivity contribution in [3.63, 3.8) is 0 Å². The van der Waals surface area contributed by atoms with Gasteiger partial charge in [0.05, 0.1) is 10.8 Å². The van der Waals surface area contributed by atoms with Crippen LogP contribution in [-0.2, 0) is 0 Å². The molecule has 0 N–H and O–H groups in total. The van der Waals surface area contributed by atoms with Gasteiger partial charge in [-0.05, 0) is 49.2 Å². The topological polar surface area (TPSA) is 30.2 Å². The third-order valence-electron chi connectivity index (χ3n) is 2.98. The first-order valence-electron chi connectivity index (χ1n) is 5.59. The molecule has 0 unspecified atom stereocenters. The molecule has 0 saturated carbocycles. The maximum Gasteiger partial charge on any atom is 0.200 e. The SMILES string of the molecule is Cc1ccc2c(=O)c3ccc(C)cc3oc2c1. The Hall–Kier alpha value is -2.09.